The number of ether oxygens (including phenoxy) is 1. The molecule has 0 unspecified atom stereocenters. The number of allylic oxidation sites excluding steroid dienone is 2. The molecule has 2 rings (SSSR count). The highest BCUT2D eigenvalue weighted by molar-refractivity contribution is 6.14. The molecule has 4 nitrogen and oxygen atoms in total. The van der Waals surface area contributed by atoms with Gasteiger partial charge in [0.2, 0.25) is 0 Å². The van der Waals surface area contributed by atoms with Crippen LogP contribution in [0.15, 0.2) is 40.6 Å². The van der Waals surface area contributed by atoms with E-state index in [9.17, 15) is 9.90 Å². The molecule has 0 heterocycles. The molecule has 1 aromatic carbocycles. The van der Waals surface area contributed by atoms with Crippen LogP contribution >= 0.6 is 0 Å². The van der Waals surface area contributed by atoms with Crippen molar-refractivity contribution in [2.45, 2.75) is 46.6 Å². The lowest BCUT2D eigenvalue weighted by Crippen LogP contribution is -2.26. The van der Waals surface area contributed by atoms with Gasteiger partial charge < -0.3 is 9.84 Å². The monoisotopic (exact) mass is 301 g/mol. The Morgan fingerprint density at radius 2 is 2.05 bits per heavy atom. The van der Waals surface area contributed by atoms with Crippen LogP contribution in [-0.4, -0.2) is 23.2 Å². The van der Waals surface area contributed by atoms with Gasteiger partial charge in [-0.3, -0.25) is 9.79 Å². The standard InChI is InChI=1S/C18H23NO3/c1-12(2)22-14-7-5-6-13(8-14)19-11-15-16(20)9-18(3,4)10-17(15)21/h5-8,11-12,20H,9-10H2,1-4H3. The average Bonchev–Trinajstić information content (AvgIpc) is 2.35. The number of carbonyl (C=O) groups excluding carboxylic acids is 1. The van der Waals surface area contributed by atoms with E-state index in [-0.39, 0.29) is 23.1 Å². The molecule has 0 aliphatic heterocycles. The number of aliphatic hydroxyl groups is 1. The van der Waals surface area contributed by atoms with Crippen molar-refractivity contribution in [2.75, 3.05) is 0 Å². The highest BCUT2D eigenvalue weighted by Crippen LogP contribution is 2.35. The molecule has 1 N–H and O–H groups in total. The maximum absolute atomic E-state index is 12.1. The number of benzene rings is 1. The van der Waals surface area contributed by atoms with Gasteiger partial charge in [-0.2, -0.15) is 0 Å². The smallest absolute Gasteiger partial charge is 0.168 e. The third kappa shape index (κ3) is 4.20. The van der Waals surface area contributed by atoms with Gasteiger partial charge in [0.25, 0.3) is 0 Å². The third-order valence-electron chi connectivity index (χ3n) is 3.43. The van der Waals surface area contributed by atoms with Crippen LogP contribution in [-0.2, 0) is 4.79 Å². The lowest BCUT2D eigenvalue weighted by molar-refractivity contribution is -0.117. The van der Waals surface area contributed by atoms with Crippen LogP contribution in [0.4, 0.5) is 5.69 Å². The SMILES string of the molecule is CC(C)Oc1cccc(N=CC2=C(O)CC(C)(C)CC2=O)c1. The Balaban J connectivity index is 2.20. The summed E-state index contributed by atoms with van der Waals surface area (Å²) in [5.74, 6) is 0.797. The quantitative estimate of drug-likeness (QED) is 0.840. The largest absolute Gasteiger partial charge is 0.511 e. The molecular formula is C18H23NO3. The van der Waals surface area contributed by atoms with E-state index in [0.717, 1.165) is 5.75 Å². The molecule has 4 heteroatoms. The van der Waals surface area contributed by atoms with Crippen molar-refractivity contribution >= 4 is 17.7 Å². The lowest BCUT2D eigenvalue weighted by atomic mass is 9.77. The predicted molar refractivity (Wildman–Crippen MR) is 88.0 cm³/mol. The summed E-state index contributed by atoms with van der Waals surface area (Å²) in [6.45, 7) is 7.87. The Bertz CT molecular complexity index is 627. The summed E-state index contributed by atoms with van der Waals surface area (Å²) in [6, 6.07) is 7.36. The Hall–Kier alpha value is -2.10. The van der Waals surface area contributed by atoms with Gasteiger partial charge >= 0.3 is 0 Å². The van der Waals surface area contributed by atoms with E-state index in [4.69, 9.17) is 4.74 Å². The maximum Gasteiger partial charge on any atom is 0.168 e. The summed E-state index contributed by atoms with van der Waals surface area (Å²) in [7, 11) is 0. The number of nitrogens with zero attached hydrogens (tertiary/aromatic N) is 1. The summed E-state index contributed by atoms with van der Waals surface area (Å²) >= 11 is 0. The van der Waals surface area contributed by atoms with Crippen LogP contribution in [0.25, 0.3) is 0 Å². The van der Waals surface area contributed by atoms with Crippen molar-refractivity contribution in [1.29, 1.82) is 0 Å². The molecule has 0 fully saturated rings. The van der Waals surface area contributed by atoms with Crippen LogP contribution in [0.1, 0.15) is 40.5 Å². The van der Waals surface area contributed by atoms with Crippen molar-refractivity contribution in [3.63, 3.8) is 0 Å². The molecular weight excluding hydrogens is 278 g/mol. The maximum atomic E-state index is 12.1. The first kappa shape index (κ1) is 16.3. The van der Waals surface area contributed by atoms with E-state index in [1.807, 2.05) is 52.0 Å². The van der Waals surface area contributed by atoms with Crippen molar-refractivity contribution in [3.8, 4) is 5.75 Å². The number of ketones is 1. The fourth-order valence-electron chi connectivity index (χ4n) is 2.50. The summed E-state index contributed by atoms with van der Waals surface area (Å²) in [5, 5.41) is 10.1. The Morgan fingerprint density at radius 3 is 2.68 bits per heavy atom. The number of rotatable bonds is 4. The number of aliphatic imine (C=N–C) groups is 1. The van der Waals surface area contributed by atoms with Gasteiger partial charge in [-0.15, -0.1) is 0 Å². The summed E-state index contributed by atoms with van der Waals surface area (Å²) < 4.78 is 5.61. The molecule has 1 aliphatic carbocycles. The second-order valence-electron chi connectivity index (χ2n) is 6.72. The first-order chi connectivity index (χ1) is 10.3. The number of carbonyl (C=O) groups is 1. The van der Waals surface area contributed by atoms with Gasteiger partial charge in [0.1, 0.15) is 11.5 Å². The van der Waals surface area contributed by atoms with E-state index >= 15 is 0 Å². The fraction of sp³-hybridized carbons (Fsp3) is 0.444. The van der Waals surface area contributed by atoms with E-state index in [1.165, 1.54) is 6.21 Å². The second-order valence-corrected chi connectivity index (χ2v) is 6.72. The van der Waals surface area contributed by atoms with Crippen molar-refractivity contribution in [3.05, 3.63) is 35.6 Å². The minimum atomic E-state index is -0.191. The molecule has 1 aromatic rings. The topological polar surface area (TPSA) is 58.9 Å². The Kier molecular flexibility index (Phi) is 4.69. The zero-order valence-corrected chi connectivity index (χ0v) is 13.6. The molecule has 0 radical (unpaired) electrons. The van der Waals surface area contributed by atoms with Crippen LogP contribution < -0.4 is 4.74 Å². The Labute approximate surface area is 131 Å². The fourth-order valence-corrected chi connectivity index (χ4v) is 2.50. The minimum Gasteiger partial charge on any atom is -0.511 e. The molecule has 0 saturated carbocycles. The normalized spacial score (nSPS) is 18.3. The Morgan fingerprint density at radius 1 is 1.32 bits per heavy atom. The molecule has 118 valence electrons. The lowest BCUT2D eigenvalue weighted by Gasteiger charge is -2.28. The van der Waals surface area contributed by atoms with Gasteiger partial charge in [0, 0.05) is 25.1 Å². The zero-order valence-electron chi connectivity index (χ0n) is 13.6. The molecule has 0 saturated heterocycles. The number of hydrogen-bond donors (Lipinski definition) is 1. The van der Waals surface area contributed by atoms with E-state index in [2.05, 4.69) is 4.99 Å². The molecule has 1 aliphatic rings. The first-order valence-corrected chi connectivity index (χ1v) is 7.53. The van der Waals surface area contributed by atoms with Crippen LogP contribution in [0.5, 0.6) is 5.75 Å². The number of aliphatic hydroxyl groups excluding tert-OH is 1. The van der Waals surface area contributed by atoms with E-state index in [0.29, 0.717) is 24.1 Å². The van der Waals surface area contributed by atoms with Crippen LogP contribution in [0.2, 0.25) is 0 Å². The number of hydrogen-bond acceptors (Lipinski definition) is 4. The molecule has 22 heavy (non-hydrogen) atoms. The van der Waals surface area contributed by atoms with Crippen molar-refractivity contribution < 1.29 is 14.6 Å². The van der Waals surface area contributed by atoms with E-state index < -0.39 is 0 Å². The third-order valence-corrected chi connectivity index (χ3v) is 3.43. The predicted octanol–water partition coefficient (Wildman–Crippen LogP) is 4.38. The van der Waals surface area contributed by atoms with Gasteiger partial charge in [-0.25, -0.2) is 0 Å². The second kappa shape index (κ2) is 6.34. The molecule has 0 aromatic heterocycles. The summed E-state index contributed by atoms with van der Waals surface area (Å²) in [5.41, 5.74) is 0.814. The van der Waals surface area contributed by atoms with Gasteiger partial charge in [-0.1, -0.05) is 19.9 Å². The molecule has 0 amide bonds. The van der Waals surface area contributed by atoms with Gasteiger partial charge in [0.15, 0.2) is 5.78 Å². The summed E-state index contributed by atoms with van der Waals surface area (Å²) in [6.07, 6.45) is 2.47. The van der Waals surface area contributed by atoms with Crippen molar-refractivity contribution in [2.24, 2.45) is 10.4 Å². The minimum absolute atomic E-state index is 0.0629. The highest BCUT2D eigenvalue weighted by Gasteiger charge is 2.32. The summed E-state index contributed by atoms with van der Waals surface area (Å²) in [4.78, 5) is 16.4. The highest BCUT2D eigenvalue weighted by atomic mass is 16.5. The zero-order chi connectivity index (χ0) is 16.3. The molecule has 0 bridgehead atoms. The molecule has 0 atom stereocenters. The molecule has 0 spiro atoms. The van der Waals surface area contributed by atoms with E-state index in [1.54, 1.807) is 0 Å². The average molecular weight is 301 g/mol. The van der Waals surface area contributed by atoms with Crippen LogP contribution in [0.3, 0.4) is 0 Å². The van der Waals surface area contributed by atoms with Crippen molar-refractivity contribution in [1.82, 2.24) is 0 Å². The number of Topliss-reactive ketones (excluding diaryl/α,β-unsaturated/α-hetero) is 1. The first-order valence-electron chi connectivity index (χ1n) is 7.53. The van der Waals surface area contributed by atoms with Crippen LogP contribution in [0, 0.1) is 5.41 Å². The van der Waals surface area contributed by atoms with Gasteiger partial charge in [-0.05, 0) is 31.4 Å². The van der Waals surface area contributed by atoms with Gasteiger partial charge in [0.05, 0.1) is 17.4 Å².